The van der Waals surface area contributed by atoms with E-state index in [0.717, 1.165) is 11.3 Å². The average molecular weight is 261 g/mol. The second-order valence-electron chi connectivity index (χ2n) is 5.02. The van der Waals surface area contributed by atoms with E-state index in [-0.39, 0.29) is 23.7 Å². The molecule has 2 atom stereocenters. The summed E-state index contributed by atoms with van der Waals surface area (Å²) in [6.07, 6.45) is 0.590. The van der Waals surface area contributed by atoms with Gasteiger partial charge in [-0.3, -0.25) is 9.59 Å². The van der Waals surface area contributed by atoms with Crippen LogP contribution in [-0.4, -0.2) is 24.9 Å². The van der Waals surface area contributed by atoms with Crippen LogP contribution in [0.25, 0.3) is 0 Å². The number of primary amides is 1. The third-order valence-electron chi connectivity index (χ3n) is 3.60. The first-order valence-electron chi connectivity index (χ1n) is 6.43. The van der Waals surface area contributed by atoms with Gasteiger partial charge in [-0.05, 0) is 18.1 Å². The van der Waals surface area contributed by atoms with Crippen LogP contribution in [0.5, 0.6) is 0 Å². The summed E-state index contributed by atoms with van der Waals surface area (Å²) in [5, 5.41) is 0. The highest BCUT2D eigenvalue weighted by Crippen LogP contribution is 2.30. The summed E-state index contributed by atoms with van der Waals surface area (Å²) in [6.45, 7) is 2.42. The maximum Gasteiger partial charge on any atom is 0.231 e. The number of nitrogens with two attached hydrogens (primary N) is 2. The Balaban J connectivity index is 2.36. The van der Waals surface area contributed by atoms with Crippen molar-refractivity contribution in [3.63, 3.8) is 0 Å². The van der Waals surface area contributed by atoms with Gasteiger partial charge in [0, 0.05) is 24.7 Å². The van der Waals surface area contributed by atoms with Gasteiger partial charge >= 0.3 is 0 Å². The molecule has 5 heteroatoms. The zero-order valence-electron chi connectivity index (χ0n) is 11.0. The zero-order valence-corrected chi connectivity index (χ0v) is 11.0. The van der Waals surface area contributed by atoms with E-state index >= 15 is 0 Å². The minimum Gasteiger partial charge on any atom is -0.369 e. The van der Waals surface area contributed by atoms with Crippen LogP contribution in [0, 0.1) is 11.8 Å². The molecular weight excluding hydrogens is 242 g/mol. The largest absolute Gasteiger partial charge is 0.369 e. The molecule has 0 radical (unpaired) electrons. The highest BCUT2D eigenvalue weighted by atomic mass is 16.2. The lowest BCUT2D eigenvalue weighted by molar-refractivity contribution is -0.123. The second kappa shape index (κ2) is 5.40. The smallest absolute Gasteiger partial charge is 0.231 e. The summed E-state index contributed by atoms with van der Waals surface area (Å²) in [5.41, 5.74) is 12.8. The van der Waals surface area contributed by atoms with Crippen molar-refractivity contribution in [2.75, 3.05) is 18.0 Å². The summed E-state index contributed by atoms with van der Waals surface area (Å²) in [6, 6.07) is 7.61. The number of hydrogen-bond donors (Lipinski definition) is 2. The Hall–Kier alpha value is -1.88. The topological polar surface area (TPSA) is 89.4 Å². The number of hydrogen-bond acceptors (Lipinski definition) is 3. The first-order chi connectivity index (χ1) is 9.04. The molecule has 2 amide bonds. The first kappa shape index (κ1) is 13.5. The van der Waals surface area contributed by atoms with Gasteiger partial charge in [0.15, 0.2) is 0 Å². The number of rotatable bonds is 3. The number of fused-ring (bicyclic) bond motifs is 1. The van der Waals surface area contributed by atoms with Gasteiger partial charge in [-0.15, -0.1) is 0 Å². The summed E-state index contributed by atoms with van der Waals surface area (Å²) in [5.74, 6) is -1.02. The van der Waals surface area contributed by atoms with Gasteiger partial charge in [-0.1, -0.05) is 25.1 Å². The number of carbonyl (C=O) groups is 2. The van der Waals surface area contributed by atoms with E-state index in [2.05, 4.69) is 0 Å². The Morgan fingerprint density at radius 2 is 2.11 bits per heavy atom. The fourth-order valence-corrected chi connectivity index (χ4v) is 2.36. The Kier molecular flexibility index (Phi) is 3.85. The quantitative estimate of drug-likeness (QED) is 0.818. The van der Waals surface area contributed by atoms with Gasteiger partial charge in [0.25, 0.3) is 0 Å². The lowest BCUT2D eigenvalue weighted by Gasteiger charge is -2.34. The van der Waals surface area contributed by atoms with Crippen molar-refractivity contribution in [3.8, 4) is 0 Å². The fourth-order valence-electron chi connectivity index (χ4n) is 2.36. The van der Waals surface area contributed by atoms with Crippen LogP contribution in [0.1, 0.15) is 12.5 Å². The van der Waals surface area contributed by atoms with Crippen LogP contribution >= 0.6 is 0 Å². The van der Waals surface area contributed by atoms with Crippen molar-refractivity contribution in [2.24, 2.45) is 23.3 Å². The SMILES string of the molecule is CC(CN)C(=O)N1CC(C(N)=O)Cc2ccccc21. The first-order valence-corrected chi connectivity index (χ1v) is 6.43. The van der Waals surface area contributed by atoms with Gasteiger partial charge in [-0.2, -0.15) is 0 Å². The fraction of sp³-hybridized carbons (Fsp3) is 0.429. The Labute approximate surface area is 112 Å². The standard InChI is InChI=1S/C14H19N3O2/c1-9(7-15)14(19)17-8-11(13(16)18)6-10-4-2-3-5-12(10)17/h2-5,9,11H,6-8,15H2,1H3,(H2,16,18). The van der Waals surface area contributed by atoms with E-state index in [1.54, 1.807) is 11.8 Å². The normalized spacial score (nSPS) is 19.7. The number of carbonyl (C=O) groups excluding carboxylic acids is 2. The Morgan fingerprint density at radius 1 is 1.42 bits per heavy atom. The third-order valence-corrected chi connectivity index (χ3v) is 3.60. The van der Waals surface area contributed by atoms with E-state index in [1.165, 1.54) is 0 Å². The minimum atomic E-state index is -0.368. The maximum atomic E-state index is 12.4. The van der Waals surface area contributed by atoms with Crippen molar-refractivity contribution in [2.45, 2.75) is 13.3 Å². The van der Waals surface area contributed by atoms with E-state index in [9.17, 15) is 9.59 Å². The molecule has 19 heavy (non-hydrogen) atoms. The molecule has 0 aliphatic carbocycles. The molecule has 1 aromatic rings. The van der Waals surface area contributed by atoms with Crippen LogP contribution in [0.2, 0.25) is 0 Å². The lowest BCUT2D eigenvalue weighted by Crippen LogP contribution is -2.47. The van der Waals surface area contributed by atoms with E-state index in [1.807, 2.05) is 24.3 Å². The molecule has 0 bridgehead atoms. The molecule has 1 aliphatic rings. The molecule has 2 rings (SSSR count). The second-order valence-corrected chi connectivity index (χ2v) is 5.02. The molecule has 102 valence electrons. The minimum absolute atomic E-state index is 0.0547. The van der Waals surface area contributed by atoms with Gasteiger partial charge in [-0.25, -0.2) is 0 Å². The molecule has 5 nitrogen and oxygen atoms in total. The van der Waals surface area contributed by atoms with E-state index < -0.39 is 0 Å². The maximum absolute atomic E-state index is 12.4. The van der Waals surface area contributed by atoms with Crippen LogP contribution in [0.4, 0.5) is 5.69 Å². The predicted octanol–water partition coefficient (Wildman–Crippen LogP) is 0.272. The highest BCUT2D eigenvalue weighted by Gasteiger charge is 2.32. The zero-order chi connectivity index (χ0) is 14.0. The van der Waals surface area contributed by atoms with Crippen LogP contribution in [0.3, 0.4) is 0 Å². The van der Waals surface area contributed by atoms with E-state index in [4.69, 9.17) is 11.5 Å². The lowest BCUT2D eigenvalue weighted by atomic mass is 9.91. The Morgan fingerprint density at radius 3 is 2.74 bits per heavy atom. The molecule has 1 heterocycles. The van der Waals surface area contributed by atoms with Crippen molar-refractivity contribution >= 4 is 17.5 Å². The average Bonchev–Trinajstić information content (AvgIpc) is 2.44. The molecule has 0 aromatic heterocycles. The molecule has 0 fully saturated rings. The summed E-state index contributed by atoms with van der Waals surface area (Å²) >= 11 is 0. The van der Waals surface area contributed by atoms with Crippen LogP contribution < -0.4 is 16.4 Å². The number of nitrogens with zero attached hydrogens (tertiary/aromatic N) is 1. The number of amides is 2. The van der Waals surface area contributed by atoms with E-state index in [0.29, 0.717) is 19.5 Å². The van der Waals surface area contributed by atoms with Crippen molar-refractivity contribution < 1.29 is 9.59 Å². The van der Waals surface area contributed by atoms with Crippen molar-refractivity contribution in [3.05, 3.63) is 29.8 Å². The van der Waals surface area contributed by atoms with Crippen LogP contribution in [-0.2, 0) is 16.0 Å². The van der Waals surface area contributed by atoms with Gasteiger partial charge in [0.05, 0.1) is 5.92 Å². The molecule has 4 N–H and O–H groups in total. The molecule has 0 saturated carbocycles. The molecule has 1 aromatic carbocycles. The van der Waals surface area contributed by atoms with Crippen LogP contribution in [0.15, 0.2) is 24.3 Å². The third kappa shape index (κ3) is 2.61. The highest BCUT2D eigenvalue weighted by molar-refractivity contribution is 5.97. The molecule has 2 unspecified atom stereocenters. The predicted molar refractivity (Wildman–Crippen MR) is 73.4 cm³/mol. The molecule has 1 aliphatic heterocycles. The number of anilines is 1. The van der Waals surface area contributed by atoms with Crippen molar-refractivity contribution in [1.82, 2.24) is 0 Å². The Bertz CT molecular complexity index is 501. The molecule has 0 spiro atoms. The summed E-state index contributed by atoms with van der Waals surface area (Å²) in [7, 11) is 0. The number of benzene rings is 1. The summed E-state index contributed by atoms with van der Waals surface area (Å²) < 4.78 is 0. The molecule has 0 saturated heterocycles. The number of para-hydroxylation sites is 1. The van der Waals surface area contributed by atoms with Gasteiger partial charge < -0.3 is 16.4 Å². The van der Waals surface area contributed by atoms with Gasteiger partial charge in [0.2, 0.25) is 11.8 Å². The monoisotopic (exact) mass is 261 g/mol. The molecular formula is C14H19N3O2. The summed E-state index contributed by atoms with van der Waals surface area (Å²) in [4.78, 5) is 25.4. The van der Waals surface area contributed by atoms with Gasteiger partial charge in [0.1, 0.15) is 0 Å². The van der Waals surface area contributed by atoms with Crippen molar-refractivity contribution in [1.29, 1.82) is 0 Å².